The number of carbonyl (C=O) groups is 2. The molecule has 3 unspecified atom stereocenters. The molecule has 3 aliphatic rings. The van der Waals surface area contributed by atoms with Gasteiger partial charge >= 0.3 is 0 Å². The maximum Gasteiger partial charge on any atom is 0.248 e. The second kappa shape index (κ2) is 4.47. The average molecular weight is 265 g/mol. The number of fused-ring (bicyclic) bond motifs is 1. The lowest BCUT2D eigenvalue weighted by Gasteiger charge is -2.43. The lowest BCUT2D eigenvalue weighted by atomic mass is 9.92. The van der Waals surface area contributed by atoms with Crippen molar-refractivity contribution in [1.82, 2.24) is 15.1 Å². The van der Waals surface area contributed by atoms with Crippen molar-refractivity contribution in [3.63, 3.8) is 0 Å². The van der Waals surface area contributed by atoms with Crippen LogP contribution in [0.4, 0.5) is 0 Å². The number of carbonyl (C=O) groups excluding carboxylic acids is 2. The molecule has 0 aromatic carbocycles. The van der Waals surface area contributed by atoms with Crippen molar-refractivity contribution < 1.29 is 9.59 Å². The molecule has 3 atom stereocenters. The van der Waals surface area contributed by atoms with Crippen LogP contribution in [0.2, 0.25) is 0 Å². The Morgan fingerprint density at radius 1 is 1.26 bits per heavy atom. The van der Waals surface area contributed by atoms with E-state index in [0.717, 1.165) is 19.5 Å². The highest BCUT2D eigenvalue weighted by molar-refractivity contribution is 5.97. The van der Waals surface area contributed by atoms with Crippen molar-refractivity contribution in [2.75, 3.05) is 19.6 Å². The number of hydrogen-bond acceptors (Lipinski definition) is 3. The first-order valence-electron chi connectivity index (χ1n) is 7.41. The zero-order chi connectivity index (χ0) is 13.6. The molecule has 3 heterocycles. The Bertz CT molecular complexity index is 411. The maximum absolute atomic E-state index is 12.7. The summed E-state index contributed by atoms with van der Waals surface area (Å²) in [7, 11) is 0. The standard InChI is InChI=1S/C14H23N3O2/c1-3-14(2)13(19)17(9-12(18)15-14)11-6-8-16-7-4-5-10(11)16/h10-11H,3-9H2,1-2H3,(H,15,18). The van der Waals surface area contributed by atoms with Gasteiger partial charge in [0.15, 0.2) is 0 Å². The number of hydrogen-bond donors (Lipinski definition) is 1. The van der Waals surface area contributed by atoms with Gasteiger partial charge in [-0.1, -0.05) is 6.92 Å². The van der Waals surface area contributed by atoms with E-state index in [0.29, 0.717) is 12.5 Å². The topological polar surface area (TPSA) is 52.7 Å². The third-order valence-corrected chi connectivity index (χ3v) is 5.14. The summed E-state index contributed by atoms with van der Waals surface area (Å²) in [5.74, 6) is 0.0914. The van der Waals surface area contributed by atoms with Crippen LogP contribution in [0.15, 0.2) is 0 Å². The molecule has 0 radical (unpaired) electrons. The minimum atomic E-state index is -0.707. The molecule has 0 aliphatic carbocycles. The molecular formula is C14H23N3O2. The molecule has 2 amide bonds. The van der Waals surface area contributed by atoms with Crippen LogP contribution in [-0.2, 0) is 9.59 Å². The summed E-state index contributed by atoms with van der Waals surface area (Å²) in [6.45, 7) is 6.27. The van der Waals surface area contributed by atoms with Gasteiger partial charge in [0.2, 0.25) is 11.8 Å². The summed E-state index contributed by atoms with van der Waals surface area (Å²) in [5, 5.41) is 2.86. The van der Waals surface area contributed by atoms with Crippen molar-refractivity contribution in [3.8, 4) is 0 Å². The molecule has 3 saturated heterocycles. The van der Waals surface area contributed by atoms with Gasteiger partial charge in [-0.05, 0) is 39.2 Å². The van der Waals surface area contributed by atoms with Crippen molar-refractivity contribution in [2.24, 2.45) is 0 Å². The summed E-state index contributed by atoms with van der Waals surface area (Å²) in [6, 6.07) is 0.725. The minimum Gasteiger partial charge on any atom is -0.340 e. The van der Waals surface area contributed by atoms with Crippen molar-refractivity contribution >= 4 is 11.8 Å². The first-order chi connectivity index (χ1) is 9.05. The van der Waals surface area contributed by atoms with Gasteiger partial charge in [0, 0.05) is 18.6 Å². The van der Waals surface area contributed by atoms with E-state index in [4.69, 9.17) is 0 Å². The minimum absolute atomic E-state index is 0.0135. The summed E-state index contributed by atoms with van der Waals surface area (Å²) in [5.41, 5.74) is -0.707. The van der Waals surface area contributed by atoms with E-state index in [1.54, 1.807) is 0 Å². The number of piperazine rings is 1. The zero-order valence-electron chi connectivity index (χ0n) is 11.8. The summed E-state index contributed by atoms with van der Waals surface area (Å²) in [6.07, 6.45) is 4.05. The van der Waals surface area contributed by atoms with E-state index in [9.17, 15) is 9.59 Å². The van der Waals surface area contributed by atoms with Gasteiger partial charge in [-0.25, -0.2) is 0 Å². The Morgan fingerprint density at radius 3 is 2.79 bits per heavy atom. The van der Waals surface area contributed by atoms with E-state index < -0.39 is 5.54 Å². The van der Waals surface area contributed by atoms with E-state index >= 15 is 0 Å². The van der Waals surface area contributed by atoms with Crippen molar-refractivity contribution in [3.05, 3.63) is 0 Å². The fourth-order valence-corrected chi connectivity index (χ4v) is 3.87. The fraction of sp³-hybridized carbons (Fsp3) is 0.857. The fourth-order valence-electron chi connectivity index (χ4n) is 3.87. The second-order valence-corrected chi connectivity index (χ2v) is 6.27. The largest absolute Gasteiger partial charge is 0.340 e. The van der Waals surface area contributed by atoms with Gasteiger partial charge in [0.1, 0.15) is 5.54 Å². The molecule has 3 fully saturated rings. The Balaban J connectivity index is 1.83. The molecule has 5 nitrogen and oxygen atoms in total. The van der Waals surface area contributed by atoms with Crippen LogP contribution >= 0.6 is 0 Å². The first kappa shape index (κ1) is 12.9. The second-order valence-electron chi connectivity index (χ2n) is 6.27. The Morgan fingerprint density at radius 2 is 2.05 bits per heavy atom. The molecule has 5 heteroatoms. The molecule has 1 N–H and O–H groups in total. The van der Waals surface area contributed by atoms with Crippen LogP contribution in [0.3, 0.4) is 0 Å². The van der Waals surface area contributed by atoms with Crippen LogP contribution < -0.4 is 5.32 Å². The highest BCUT2D eigenvalue weighted by Gasteiger charge is 2.48. The number of rotatable bonds is 2. The van der Waals surface area contributed by atoms with Crippen molar-refractivity contribution in [2.45, 2.75) is 57.2 Å². The molecular weight excluding hydrogens is 242 g/mol. The van der Waals surface area contributed by atoms with Crippen LogP contribution in [-0.4, -0.2) is 58.9 Å². The maximum atomic E-state index is 12.7. The van der Waals surface area contributed by atoms with Gasteiger partial charge in [-0.15, -0.1) is 0 Å². The van der Waals surface area contributed by atoms with Gasteiger partial charge < -0.3 is 10.2 Å². The first-order valence-corrected chi connectivity index (χ1v) is 7.41. The Kier molecular flexibility index (Phi) is 3.04. The van der Waals surface area contributed by atoms with E-state index in [-0.39, 0.29) is 24.4 Å². The number of amides is 2. The van der Waals surface area contributed by atoms with Crippen LogP contribution in [0.25, 0.3) is 0 Å². The Labute approximate surface area is 114 Å². The van der Waals surface area contributed by atoms with E-state index in [1.807, 2.05) is 18.7 Å². The lowest BCUT2D eigenvalue weighted by Crippen LogP contribution is -2.67. The van der Waals surface area contributed by atoms with E-state index in [2.05, 4.69) is 10.2 Å². The molecule has 3 aliphatic heterocycles. The molecule has 0 aromatic heterocycles. The third-order valence-electron chi connectivity index (χ3n) is 5.14. The van der Waals surface area contributed by atoms with Crippen LogP contribution in [0.5, 0.6) is 0 Å². The summed E-state index contributed by atoms with van der Waals surface area (Å²) >= 11 is 0. The quantitative estimate of drug-likeness (QED) is 0.784. The summed E-state index contributed by atoms with van der Waals surface area (Å²) < 4.78 is 0. The molecule has 19 heavy (non-hydrogen) atoms. The van der Waals surface area contributed by atoms with Gasteiger partial charge in [-0.2, -0.15) is 0 Å². The average Bonchev–Trinajstić information content (AvgIpc) is 2.96. The van der Waals surface area contributed by atoms with Gasteiger partial charge in [-0.3, -0.25) is 14.5 Å². The Hall–Kier alpha value is -1.10. The van der Waals surface area contributed by atoms with Crippen molar-refractivity contribution in [1.29, 1.82) is 0 Å². The molecule has 0 bridgehead atoms. The number of nitrogens with one attached hydrogen (secondary N) is 1. The van der Waals surface area contributed by atoms with Gasteiger partial charge in [0.25, 0.3) is 0 Å². The third kappa shape index (κ3) is 1.95. The molecule has 0 spiro atoms. The number of nitrogens with zero attached hydrogens (tertiary/aromatic N) is 2. The predicted molar refractivity (Wildman–Crippen MR) is 71.6 cm³/mol. The molecule has 0 saturated carbocycles. The highest BCUT2D eigenvalue weighted by Crippen LogP contribution is 2.33. The van der Waals surface area contributed by atoms with Crippen LogP contribution in [0, 0.1) is 0 Å². The van der Waals surface area contributed by atoms with E-state index in [1.165, 1.54) is 12.8 Å². The van der Waals surface area contributed by atoms with Crippen LogP contribution in [0.1, 0.15) is 39.5 Å². The highest BCUT2D eigenvalue weighted by atomic mass is 16.2. The smallest absolute Gasteiger partial charge is 0.248 e. The normalized spacial score (nSPS) is 39.6. The molecule has 106 valence electrons. The lowest BCUT2D eigenvalue weighted by molar-refractivity contribution is -0.152. The van der Waals surface area contributed by atoms with Gasteiger partial charge in [0.05, 0.1) is 6.54 Å². The molecule has 0 aromatic rings. The zero-order valence-corrected chi connectivity index (χ0v) is 11.8. The monoisotopic (exact) mass is 265 g/mol. The SMILES string of the molecule is CCC1(C)NC(=O)CN(C2CCN3CCCC23)C1=O. The predicted octanol–water partition coefficient (Wildman–Crippen LogP) is 0.350. The molecule has 3 rings (SSSR count). The summed E-state index contributed by atoms with van der Waals surface area (Å²) in [4.78, 5) is 29.0.